The second-order valence-corrected chi connectivity index (χ2v) is 16.2. The minimum atomic E-state index is -3.52. The molecule has 0 aromatic heterocycles. The van der Waals surface area contributed by atoms with Crippen LogP contribution in [0.4, 0.5) is 9.59 Å². The molecule has 17 nitrogen and oxygen atoms in total. The maximum Gasteiger partial charge on any atom is 0.508 e. The average Bonchev–Trinajstić information content (AvgIpc) is 3.43. The van der Waals surface area contributed by atoms with Gasteiger partial charge in [0.25, 0.3) is 0 Å². The van der Waals surface area contributed by atoms with Gasteiger partial charge in [-0.3, -0.25) is 4.79 Å². The first-order chi connectivity index (χ1) is 25.8. The number of amides is 3. The molecule has 1 aromatic carbocycles. The monoisotopic (exact) mass is 805 g/mol. The molecule has 2 saturated heterocycles. The highest BCUT2D eigenvalue weighted by molar-refractivity contribution is 8.07. The van der Waals surface area contributed by atoms with Gasteiger partial charge in [-0.05, 0) is 43.1 Å². The standard InChI is InChI=1S/C34H57BN3O14PS/c1-22(40)38-27-29(42)28(41)25(19-39)51-32(27)47-18-12-11-17-37-33(43)36-16-10-5-3-4-9-15-24-30(52-53(45,54)46-2)26(50-31(24)35)21-49-34(44)48-20-23-13-7-6-8-14-23/h6-8,13-14,24-32,39,41-42H,3-5,9-12,15-21,35H2,1-2H3,(H,38,40)(H,45,54)(H2,36,37,43)/t24-,25+,26+,27+,28-,29+,30?,31+,32+,53?/m0/s1. The van der Waals surface area contributed by atoms with Crippen LogP contribution in [-0.4, -0.2) is 135 Å². The van der Waals surface area contributed by atoms with E-state index in [9.17, 15) is 34.6 Å². The maximum atomic E-state index is 12.2. The predicted octanol–water partition coefficient (Wildman–Crippen LogP) is 0.943. The van der Waals surface area contributed by atoms with E-state index < -0.39 is 68.2 Å². The highest BCUT2D eigenvalue weighted by Gasteiger charge is 2.46. The van der Waals surface area contributed by atoms with Crippen LogP contribution in [0.15, 0.2) is 30.3 Å². The smallest absolute Gasteiger partial charge is 0.431 e. The Bertz CT molecular complexity index is 1330. The van der Waals surface area contributed by atoms with Crippen LogP contribution in [-0.2, 0) is 55.9 Å². The van der Waals surface area contributed by atoms with Gasteiger partial charge in [-0.15, -0.1) is 0 Å². The molecule has 2 fully saturated rings. The van der Waals surface area contributed by atoms with Crippen molar-refractivity contribution in [1.82, 2.24) is 16.0 Å². The van der Waals surface area contributed by atoms with Crippen molar-refractivity contribution in [3.05, 3.63) is 35.9 Å². The van der Waals surface area contributed by atoms with Crippen LogP contribution < -0.4 is 16.0 Å². The zero-order chi connectivity index (χ0) is 39.5. The lowest BCUT2D eigenvalue weighted by Crippen LogP contribution is -2.64. The summed E-state index contributed by atoms with van der Waals surface area (Å²) >= 11 is 5.12. The van der Waals surface area contributed by atoms with Gasteiger partial charge < -0.3 is 68.9 Å². The molecular weight excluding hydrogens is 748 g/mol. The number of aliphatic hydroxyl groups excluding tert-OH is 3. The second-order valence-electron chi connectivity index (χ2n) is 13.3. The van der Waals surface area contributed by atoms with Gasteiger partial charge in [0.05, 0.1) is 6.61 Å². The van der Waals surface area contributed by atoms with Crippen molar-refractivity contribution in [3.63, 3.8) is 0 Å². The normalized spacial score (nSPS) is 27.8. The number of carbonyl (C=O) groups excluding carboxylic acids is 3. The fraction of sp³-hybridized carbons (Fsp3) is 0.735. The van der Waals surface area contributed by atoms with E-state index >= 15 is 0 Å². The number of carbonyl (C=O) groups is 3. The first-order valence-electron chi connectivity index (χ1n) is 18.4. The molecule has 2 aliphatic rings. The van der Waals surface area contributed by atoms with Gasteiger partial charge in [-0.2, -0.15) is 0 Å². The molecule has 0 radical (unpaired) electrons. The second kappa shape index (κ2) is 24.3. The molecule has 3 rings (SSSR count). The molecule has 0 saturated carbocycles. The molecule has 3 amide bonds. The van der Waals surface area contributed by atoms with Crippen molar-refractivity contribution >= 4 is 44.5 Å². The number of urea groups is 1. The summed E-state index contributed by atoms with van der Waals surface area (Å²) in [5, 5.41) is 38.0. The van der Waals surface area contributed by atoms with Crippen LogP contribution in [0.2, 0.25) is 0 Å². The molecule has 54 heavy (non-hydrogen) atoms. The number of hydrogen-bond donors (Lipinski definition) is 7. The van der Waals surface area contributed by atoms with Gasteiger partial charge in [-0.25, -0.2) is 9.59 Å². The number of aliphatic hydroxyl groups is 3. The lowest BCUT2D eigenvalue weighted by Gasteiger charge is -2.42. The van der Waals surface area contributed by atoms with E-state index in [0.29, 0.717) is 25.9 Å². The zero-order valence-corrected chi connectivity index (χ0v) is 32.9. The molecule has 20 heteroatoms. The summed E-state index contributed by atoms with van der Waals surface area (Å²) in [7, 11) is 3.20. The highest BCUT2D eigenvalue weighted by atomic mass is 32.5. The summed E-state index contributed by atoms with van der Waals surface area (Å²) in [6.45, 7) is -1.69. The van der Waals surface area contributed by atoms with Gasteiger partial charge >= 0.3 is 18.9 Å². The van der Waals surface area contributed by atoms with Crippen LogP contribution in [0.3, 0.4) is 0 Å². The molecule has 10 atom stereocenters. The molecule has 0 bridgehead atoms. The Morgan fingerprint density at radius 2 is 1.59 bits per heavy atom. The van der Waals surface area contributed by atoms with E-state index in [4.69, 9.17) is 44.5 Å². The topological polar surface area (TPSA) is 233 Å². The molecule has 306 valence electrons. The van der Waals surface area contributed by atoms with Gasteiger partial charge in [-0.1, -0.05) is 56.0 Å². The van der Waals surface area contributed by atoms with E-state index in [-0.39, 0.29) is 37.8 Å². The summed E-state index contributed by atoms with van der Waals surface area (Å²) in [4.78, 5) is 46.4. The third kappa shape index (κ3) is 16.0. The summed E-state index contributed by atoms with van der Waals surface area (Å²) in [5.74, 6) is -0.538. The maximum absolute atomic E-state index is 12.2. The van der Waals surface area contributed by atoms with Crippen LogP contribution >= 0.6 is 6.72 Å². The van der Waals surface area contributed by atoms with E-state index in [1.165, 1.54) is 14.0 Å². The molecular formula is C34H57BN3O14PS. The largest absolute Gasteiger partial charge is 0.508 e. The number of ether oxygens (including phenoxy) is 5. The van der Waals surface area contributed by atoms with E-state index in [1.807, 2.05) is 38.2 Å². The Labute approximate surface area is 322 Å². The number of rotatable bonds is 23. The fourth-order valence-corrected chi connectivity index (χ4v) is 7.31. The van der Waals surface area contributed by atoms with Crippen LogP contribution in [0.1, 0.15) is 63.9 Å². The summed E-state index contributed by atoms with van der Waals surface area (Å²) < 4.78 is 38.7. The van der Waals surface area contributed by atoms with Crippen molar-refractivity contribution in [1.29, 1.82) is 0 Å². The van der Waals surface area contributed by atoms with E-state index in [1.54, 1.807) is 0 Å². The SMILES string of the molecule is B[C@@H]1O[C@H](COC(=O)OCc2ccccc2)C(OP(O)(=S)OC)[C@@H]1CCCCCCCNC(=O)NCCCCO[C@@H]1O[C@H](CO)[C@H](O)[C@H](O)[C@H]1NC(C)=O. The Kier molecular flexibility index (Phi) is 20.7. The Morgan fingerprint density at radius 1 is 0.926 bits per heavy atom. The molecule has 2 unspecified atom stereocenters. The van der Waals surface area contributed by atoms with Gasteiger partial charge in [0.15, 0.2) is 6.29 Å². The van der Waals surface area contributed by atoms with Crippen molar-refractivity contribution < 1.29 is 67.3 Å². The third-order valence-corrected chi connectivity index (χ3v) is 10.9. The van der Waals surface area contributed by atoms with E-state index in [2.05, 4.69) is 16.0 Å². The van der Waals surface area contributed by atoms with Gasteiger partial charge in [0.2, 0.25) is 5.91 Å². The zero-order valence-electron chi connectivity index (χ0n) is 31.2. The lowest BCUT2D eigenvalue weighted by molar-refractivity contribution is -0.270. The Hall–Kier alpha value is -2.42. The minimum absolute atomic E-state index is 0.0730. The highest BCUT2D eigenvalue weighted by Crippen LogP contribution is 2.48. The molecule has 2 aliphatic heterocycles. The van der Waals surface area contributed by atoms with Crippen molar-refractivity contribution in [2.24, 2.45) is 5.92 Å². The summed E-state index contributed by atoms with van der Waals surface area (Å²) in [6.07, 6.45) is -0.598. The number of hydrogen-bond acceptors (Lipinski definition) is 14. The van der Waals surface area contributed by atoms with Crippen LogP contribution in [0, 0.1) is 5.92 Å². The van der Waals surface area contributed by atoms with Crippen molar-refractivity contribution in [2.75, 3.05) is 40.0 Å². The van der Waals surface area contributed by atoms with Crippen LogP contribution in [0.25, 0.3) is 0 Å². The van der Waals surface area contributed by atoms with Crippen molar-refractivity contribution in [2.45, 2.75) is 114 Å². The molecule has 0 aliphatic carbocycles. The Balaban J connectivity index is 1.26. The molecule has 0 spiro atoms. The molecule has 7 N–H and O–H groups in total. The quantitative estimate of drug-likeness (QED) is 0.0353. The Morgan fingerprint density at radius 3 is 2.26 bits per heavy atom. The third-order valence-electron chi connectivity index (χ3n) is 9.22. The summed E-state index contributed by atoms with van der Waals surface area (Å²) in [5.41, 5.74) is 0.827. The van der Waals surface area contributed by atoms with Crippen molar-refractivity contribution in [3.8, 4) is 0 Å². The molecule has 1 aromatic rings. The summed E-state index contributed by atoms with van der Waals surface area (Å²) in [6, 6.07) is 7.73. The number of unbranched alkanes of at least 4 members (excludes halogenated alkanes) is 5. The first-order valence-corrected chi connectivity index (χ1v) is 21.0. The predicted molar refractivity (Wildman–Crippen MR) is 201 cm³/mol. The average molecular weight is 806 g/mol. The molecule has 2 heterocycles. The minimum Gasteiger partial charge on any atom is -0.431 e. The first kappa shape index (κ1) is 46.0. The van der Waals surface area contributed by atoms with Crippen LogP contribution in [0.5, 0.6) is 0 Å². The fourth-order valence-electron chi connectivity index (χ4n) is 6.32. The van der Waals surface area contributed by atoms with Gasteiger partial charge in [0, 0.05) is 45.7 Å². The van der Waals surface area contributed by atoms with E-state index in [0.717, 1.165) is 44.1 Å². The number of nitrogens with one attached hydrogen (secondary N) is 3. The number of benzene rings is 1. The lowest BCUT2D eigenvalue weighted by atomic mass is 9.81. The van der Waals surface area contributed by atoms with Gasteiger partial charge in [0.1, 0.15) is 57.6 Å².